The molecule has 0 aromatic rings. The van der Waals surface area contributed by atoms with Crippen molar-refractivity contribution < 1.29 is 20.1 Å². The summed E-state index contributed by atoms with van der Waals surface area (Å²) in [6, 6.07) is 0.0153. The number of aliphatic hydroxyl groups excluding tert-OH is 3. The highest BCUT2D eigenvalue weighted by atomic mass is 16.3. The van der Waals surface area contributed by atoms with Crippen molar-refractivity contribution >= 4 is 5.91 Å². The summed E-state index contributed by atoms with van der Waals surface area (Å²) in [5.74, 6) is 0.0180. The molecule has 6 nitrogen and oxygen atoms in total. The summed E-state index contributed by atoms with van der Waals surface area (Å²) in [5, 5.41) is 32.7. The van der Waals surface area contributed by atoms with E-state index in [-0.39, 0.29) is 31.8 Å². The zero-order valence-electron chi connectivity index (χ0n) is 8.57. The molecular formula is C9H18N2O4. The summed E-state index contributed by atoms with van der Waals surface area (Å²) in [6.07, 6.45) is 1.25. The Labute approximate surface area is 88.3 Å². The van der Waals surface area contributed by atoms with Gasteiger partial charge in [0.2, 0.25) is 5.91 Å². The molecule has 0 aromatic heterocycles. The third kappa shape index (κ3) is 3.13. The van der Waals surface area contributed by atoms with E-state index >= 15 is 0 Å². The van der Waals surface area contributed by atoms with Crippen LogP contribution in [0.15, 0.2) is 0 Å². The Bertz CT molecular complexity index is 210. The van der Waals surface area contributed by atoms with Gasteiger partial charge in [-0.1, -0.05) is 0 Å². The molecule has 5 N–H and O–H groups in total. The number of amides is 1. The van der Waals surface area contributed by atoms with Gasteiger partial charge in [-0.25, -0.2) is 0 Å². The molecule has 0 bridgehead atoms. The Morgan fingerprint density at radius 1 is 1.33 bits per heavy atom. The number of hydrogen-bond donors (Lipinski definition) is 5. The molecule has 0 aromatic carbocycles. The van der Waals surface area contributed by atoms with Gasteiger partial charge in [0.1, 0.15) is 0 Å². The maximum atomic E-state index is 10.9. The van der Waals surface area contributed by atoms with E-state index < -0.39 is 5.54 Å². The fourth-order valence-corrected chi connectivity index (χ4v) is 1.49. The molecule has 1 aliphatic heterocycles. The zero-order chi connectivity index (χ0) is 11.3. The molecule has 1 amide bonds. The first-order valence-corrected chi connectivity index (χ1v) is 5.03. The van der Waals surface area contributed by atoms with Crippen LogP contribution in [0.3, 0.4) is 0 Å². The predicted octanol–water partition coefficient (Wildman–Crippen LogP) is -2.43. The minimum absolute atomic E-state index is 0.0153. The summed E-state index contributed by atoms with van der Waals surface area (Å²) in [4.78, 5) is 10.9. The van der Waals surface area contributed by atoms with Crippen LogP contribution in [0.5, 0.6) is 0 Å². The summed E-state index contributed by atoms with van der Waals surface area (Å²) < 4.78 is 0. The average Bonchev–Trinajstić information content (AvgIpc) is 2.67. The summed E-state index contributed by atoms with van der Waals surface area (Å²) >= 11 is 0. The van der Waals surface area contributed by atoms with Crippen molar-refractivity contribution in [3.63, 3.8) is 0 Å². The van der Waals surface area contributed by atoms with Crippen molar-refractivity contribution in [1.29, 1.82) is 0 Å². The Kier molecular flexibility index (Phi) is 4.46. The van der Waals surface area contributed by atoms with E-state index in [0.29, 0.717) is 13.0 Å². The minimum Gasteiger partial charge on any atom is -0.394 e. The molecule has 6 heteroatoms. The molecule has 15 heavy (non-hydrogen) atoms. The molecule has 1 rings (SSSR count). The van der Waals surface area contributed by atoms with E-state index in [1.165, 1.54) is 0 Å². The van der Waals surface area contributed by atoms with Gasteiger partial charge in [0.15, 0.2) is 0 Å². The number of rotatable bonds is 6. The van der Waals surface area contributed by atoms with Gasteiger partial charge in [0, 0.05) is 19.0 Å². The highest BCUT2D eigenvalue weighted by Crippen LogP contribution is 2.08. The van der Waals surface area contributed by atoms with Crippen LogP contribution in [0.4, 0.5) is 0 Å². The van der Waals surface area contributed by atoms with E-state index in [0.717, 1.165) is 6.42 Å². The van der Waals surface area contributed by atoms with Crippen LogP contribution >= 0.6 is 0 Å². The molecular weight excluding hydrogens is 200 g/mol. The molecule has 1 atom stereocenters. The lowest BCUT2D eigenvalue weighted by Gasteiger charge is -2.30. The fraction of sp³-hybridized carbons (Fsp3) is 0.889. The zero-order valence-corrected chi connectivity index (χ0v) is 8.57. The van der Waals surface area contributed by atoms with Gasteiger partial charge >= 0.3 is 0 Å². The summed E-state index contributed by atoms with van der Waals surface area (Å²) in [6.45, 7) is -0.602. The van der Waals surface area contributed by atoms with Crippen molar-refractivity contribution in [3.05, 3.63) is 0 Å². The average molecular weight is 218 g/mol. The maximum absolute atomic E-state index is 10.9. The molecule has 0 saturated carbocycles. The molecule has 1 saturated heterocycles. The highest BCUT2D eigenvalue weighted by Gasteiger charge is 2.29. The lowest BCUT2D eigenvalue weighted by Crippen LogP contribution is -2.57. The maximum Gasteiger partial charge on any atom is 0.220 e. The van der Waals surface area contributed by atoms with Crippen LogP contribution in [0.25, 0.3) is 0 Å². The van der Waals surface area contributed by atoms with Crippen molar-refractivity contribution in [2.45, 2.75) is 24.4 Å². The largest absolute Gasteiger partial charge is 0.394 e. The van der Waals surface area contributed by atoms with Gasteiger partial charge in [-0.2, -0.15) is 0 Å². The highest BCUT2D eigenvalue weighted by molar-refractivity contribution is 5.78. The second-order valence-electron chi connectivity index (χ2n) is 3.94. The van der Waals surface area contributed by atoms with Crippen molar-refractivity contribution in [3.8, 4) is 0 Å². The Morgan fingerprint density at radius 2 is 1.93 bits per heavy atom. The van der Waals surface area contributed by atoms with Crippen molar-refractivity contribution in [2.24, 2.45) is 0 Å². The first-order chi connectivity index (χ1) is 7.15. The smallest absolute Gasteiger partial charge is 0.220 e. The normalized spacial score (nSPS) is 21.8. The molecule has 1 fully saturated rings. The molecule has 1 heterocycles. The Balaban J connectivity index is 2.36. The number of aliphatic hydroxyl groups is 3. The number of hydrogen-bond acceptors (Lipinski definition) is 5. The van der Waals surface area contributed by atoms with Gasteiger partial charge in [0.25, 0.3) is 0 Å². The van der Waals surface area contributed by atoms with Gasteiger partial charge in [-0.15, -0.1) is 0 Å². The molecule has 0 aliphatic carbocycles. The van der Waals surface area contributed by atoms with Crippen LogP contribution in [-0.4, -0.2) is 59.2 Å². The second kappa shape index (κ2) is 5.41. The van der Waals surface area contributed by atoms with Crippen LogP contribution in [0, 0.1) is 0 Å². The van der Waals surface area contributed by atoms with Gasteiger partial charge in [-0.3, -0.25) is 4.79 Å². The standard InChI is InChI=1S/C9H18N2O4/c12-4-9(5-13,6-14)10-3-7-1-2-8(15)11-7/h7,10,12-14H,1-6H2,(H,11,15). The third-order valence-corrected chi connectivity index (χ3v) is 2.72. The van der Waals surface area contributed by atoms with E-state index in [4.69, 9.17) is 15.3 Å². The molecule has 1 unspecified atom stereocenters. The van der Waals surface area contributed by atoms with Crippen molar-refractivity contribution in [1.82, 2.24) is 10.6 Å². The van der Waals surface area contributed by atoms with Crippen molar-refractivity contribution in [2.75, 3.05) is 26.4 Å². The van der Waals surface area contributed by atoms with Crippen LogP contribution < -0.4 is 10.6 Å². The fourth-order valence-electron chi connectivity index (χ4n) is 1.49. The molecule has 88 valence electrons. The van der Waals surface area contributed by atoms with E-state index in [1.54, 1.807) is 0 Å². The van der Waals surface area contributed by atoms with Crippen LogP contribution in [0.2, 0.25) is 0 Å². The van der Waals surface area contributed by atoms with Crippen LogP contribution in [0.1, 0.15) is 12.8 Å². The molecule has 0 radical (unpaired) electrons. The lowest BCUT2D eigenvalue weighted by atomic mass is 10.0. The Morgan fingerprint density at radius 3 is 2.33 bits per heavy atom. The number of nitrogens with one attached hydrogen (secondary N) is 2. The number of carbonyl (C=O) groups excluding carboxylic acids is 1. The first-order valence-electron chi connectivity index (χ1n) is 5.03. The topological polar surface area (TPSA) is 102 Å². The molecule has 0 spiro atoms. The predicted molar refractivity (Wildman–Crippen MR) is 53.2 cm³/mol. The quantitative estimate of drug-likeness (QED) is 0.341. The monoisotopic (exact) mass is 218 g/mol. The first kappa shape index (κ1) is 12.4. The van der Waals surface area contributed by atoms with E-state index in [2.05, 4.69) is 10.6 Å². The van der Waals surface area contributed by atoms with Crippen LogP contribution in [-0.2, 0) is 4.79 Å². The van der Waals surface area contributed by atoms with Gasteiger partial charge < -0.3 is 26.0 Å². The number of carbonyl (C=O) groups is 1. The second-order valence-corrected chi connectivity index (χ2v) is 3.94. The minimum atomic E-state index is -1.06. The van der Waals surface area contributed by atoms with E-state index in [1.807, 2.05) is 0 Å². The summed E-state index contributed by atoms with van der Waals surface area (Å²) in [5.41, 5.74) is -1.06. The summed E-state index contributed by atoms with van der Waals surface area (Å²) in [7, 11) is 0. The Hall–Kier alpha value is -0.690. The third-order valence-electron chi connectivity index (χ3n) is 2.72. The SMILES string of the molecule is O=C1CCC(CNC(CO)(CO)CO)N1. The molecule has 1 aliphatic rings. The lowest BCUT2D eigenvalue weighted by molar-refractivity contribution is -0.119. The van der Waals surface area contributed by atoms with Gasteiger partial charge in [-0.05, 0) is 6.42 Å². The van der Waals surface area contributed by atoms with Gasteiger partial charge in [0.05, 0.1) is 25.4 Å². The van der Waals surface area contributed by atoms with E-state index in [9.17, 15) is 4.79 Å².